The summed E-state index contributed by atoms with van der Waals surface area (Å²) in [5.41, 5.74) is 6.07. The molecule has 0 aliphatic rings. The quantitative estimate of drug-likeness (QED) is 0.943. The molecule has 0 saturated heterocycles. The average molecular weight is 297 g/mol. The van der Waals surface area contributed by atoms with E-state index in [1.807, 2.05) is 34.6 Å². The van der Waals surface area contributed by atoms with Crippen LogP contribution in [0.5, 0.6) is 0 Å². The van der Waals surface area contributed by atoms with E-state index in [2.05, 4.69) is 21.4 Å². The third-order valence-electron chi connectivity index (χ3n) is 4.10. The van der Waals surface area contributed by atoms with Crippen LogP contribution in [-0.2, 0) is 6.42 Å². The van der Waals surface area contributed by atoms with E-state index >= 15 is 0 Å². The van der Waals surface area contributed by atoms with Crippen molar-refractivity contribution in [3.8, 4) is 0 Å². The van der Waals surface area contributed by atoms with Crippen molar-refractivity contribution in [1.82, 2.24) is 15.3 Å². The number of nitrogens with one attached hydrogen (secondary N) is 1. The summed E-state index contributed by atoms with van der Waals surface area (Å²) in [7, 11) is 0. The van der Waals surface area contributed by atoms with Gasteiger partial charge in [0.2, 0.25) is 0 Å². The van der Waals surface area contributed by atoms with Gasteiger partial charge in [-0.3, -0.25) is 14.8 Å². The van der Waals surface area contributed by atoms with Crippen LogP contribution >= 0.6 is 0 Å². The second-order valence-electron chi connectivity index (χ2n) is 5.91. The number of carbonyl (C=O) groups is 1. The highest BCUT2D eigenvalue weighted by Gasteiger charge is 2.17. The van der Waals surface area contributed by atoms with Crippen LogP contribution in [-0.4, -0.2) is 21.9 Å². The van der Waals surface area contributed by atoms with Gasteiger partial charge < -0.3 is 5.32 Å². The first kappa shape index (κ1) is 16.1. The minimum absolute atomic E-state index is 0.00354. The molecule has 0 radical (unpaired) electrons. The first-order chi connectivity index (χ1) is 10.4. The topological polar surface area (TPSA) is 54.9 Å². The Morgan fingerprint density at radius 1 is 1.14 bits per heavy atom. The lowest BCUT2D eigenvalue weighted by Crippen LogP contribution is -2.35. The molecule has 0 spiro atoms. The number of benzene rings is 1. The predicted octanol–water partition coefficient (Wildman–Crippen LogP) is 3.07. The summed E-state index contributed by atoms with van der Waals surface area (Å²) in [6.45, 7) is 10.1. The highest BCUT2D eigenvalue weighted by molar-refractivity contribution is 5.97. The van der Waals surface area contributed by atoms with Crippen molar-refractivity contribution >= 4 is 5.91 Å². The van der Waals surface area contributed by atoms with Gasteiger partial charge >= 0.3 is 0 Å². The SMILES string of the molecule is Cc1cc(C)c(C)c(C(=O)N[C@H](C)Cc2cnccn2)c1C. The molecule has 1 atom stereocenters. The number of aryl methyl sites for hydroxylation is 2. The number of carbonyl (C=O) groups excluding carboxylic acids is 1. The fraction of sp³-hybridized carbons (Fsp3) is 0.389. The molecule has 1 aromatic carbocycles. The lowest BCUT2D eigenvalue weighted by atomic mass is 9.93. The van der Waals surface area contributed by atoms with E-state index in [4.69, 9.17) is 0 Å². The average Bonchev–Trinajstić information content (AvgIpc) is 2.46. The predicted molar refractivity (Wildman–Crippen MR) is 88.1 cm³/mol. The van der Waals surface area contributed by atoms with Crippen LogP contribution in [0.25, 0.3) is 0 Å². The van der Waals surface area contributed by atoms with Crippen molar-refractivity contribution in [3.63, 3.8) is 0 Å². The van der Waals surface area contributed by atoms with Crippen LogP contribution < -0.4 is 5.32 Å². The molecule has 116 valence electrons. The number of rotatable bonds is 4. The molecule has 0 bridgehead atoms. The second-order valence-corrected chi connectivity index (χ2v) is 5.91. The first-order valence-electron chi connectivity index (χ1n) is 7.53. The molecule has 1 heterocycles. The summed E-state index contributed by atoms with van der Waals surface area (Å²) in [4.78, 5) is 20.9. The van der Waals surface area contributed by atoms with Crippen molar-refractivity contribution in [2.45, 2.75) is 47.1 Å². The van der Waals surface area contributed by atoms with Gasteiger partial charge in [-0.05, 0) is 56.9 Å². The molecular formula is C18H23N3O. The van der Waals surface area contributed by atoms with E-state index in [-0.39, 0.29) is 11.9 Å². The lowest BCUT2D eigenvalue weighted by molar-refractivity contribution is 0.0938. The van der Waals surface area contributed by atoms with Gasteiger partial charge in [-0.25, -0.2) is 0 Å². The number of aromatic nitrogens is 2. The van der Waals surface area contributed by atoms with E-state index in [1.54, 1.807) is 18.6 Å². The van der Waals surface area contributed by atoms with Crippen LogP contribution in [0.3, 0.4) is 0 Å². The standard InChI is InChI=1S/C18H23N3O/c1-11-8-12(2)15(5)17(14(11)4)18(22)21-13(3)9-16-10-19-6-7-20-16/h6-8,10,13H,9H2,1-5H3,(H,21,22)/t13-/m1/s1. The zero-order valence-corrected chi connectivity index (χ0v) is 13.9. The third-order valence-corrected chi connectivity index (χ3v) is 4.10. The Balaban J connectivity index is 2.16. The highest BCUT2D eigenvalue weighted by atomic mass is 16.1. The molecular weight excluding hydrogens is 274 g/mol. The van der Waals surface area contributed by atoms with Gasteiger partial charge in [-0.1, -0.05) is 6.07 Å². The van der Waals surface area contributed by atoms with Crippen molar-refractivity contribution in [2.24, 2.45) is 0 Å². The van der Waals surface area contributed by atoms with Crippen molar-refractivity contribution in [2.75, 3.05) is 0 Å². The Labute approximate surface area is 132 Å². The van der Waals surface area contributed by atoms with Crippen LogP contribution in [0.1, 0.15) is 45.2 Å². The molecule has 2 rings (SSSR count). The maximum absolute atomic E-state index is 12.6. The van der Waals surface area contributed by atoms with E-state index in [9.17, 15) is 4.79 Å². The molecule has 4 nitrogen and oxygen atoms in total. The molecule has 0 saturated carbocycles. The van der Waals surface area contributed by atoms with Gasteiger partial charge in [-0.15, -0.1) is 0 Å². The summed E-state index contributed by atoms with van der Waals surface area (Å²) in [6, 6.07) is 2.13. The third kappa shape index (κ3) is 3.50. The number of amides is 1. The van der Waals surface area contributed by atoms with E-state index in [1.165, 1.54) is 0 Å². The van der Waals surface area contributed by atoms with Gasteiger partial charge in [0.15, 0.2) is 0 Å². The molecule has 0 unspecified atom stereocenters. The monoisotopic (exact) mass is 297 g/mol. The fourth-order valence-corrected chi connectivity index (χ4v) is 2.65. The molecule has 1 N–H and O–H groups in total. The molecule has 0 aliphatic heterocycles. The van der Waals surface area contributed by atoms with Crippen molar-refractivity contribution < 1.29 is 4.79 Å². The Hall–Kier alpha value is -2.23. The van der Waals surface area contributed by atoms with E-state index in [0.29, 0.717) is 6.42 Å². The van der Waals surface area contributed by atoms with E-state index in [0.717, 1.165) is 33.5 Å². The zero-order valence-electron chi connectivity index (χ0n) is 13.9. The Bertz CT molecular complexity index is 654. The smallest absolute Gasteiger partial charge is 0.252 e. The number of hydrogen-bond acceptors (Lipinski definition) is 3. The zero-order chi connectivity index (χ0) is 16.3. The van der Waals surface area contributed by atoms with Gasteiger partial charge in [0.1, 0.15) is 0 Å². The van der Waals surface area contributed by atoms with Crippen LogP contribution in [0.2, 0.25) is 0 Å². The fourth-order valence-electron chi connectivity index (χ4n) is 2.65. The number of nitrogens with zero attached hydrogens (tertiary/aromatic N) is 2. The molecule has 1 aromatic heterocycles. The summed E-state index contributed by atoms with van der Waals surface area (Å²) in [6.07, 6.45) is 5.72. The van der Waals surface area contributed by atoms with Crippen molar-refractivity contribution in [3.05, 3.63) is 58.2 Å². The van der Waals surface area contributed by atoms with Crippen LogP contribution in [0.4, 0.5) is 0 Å². The molecule has 1 amide bonds. The first-order valence-corrected chi connectivity index (χ1v) is 7.53. The molecule has 4 heteroatoms. The van der Waals surface area contributed by atoms with Gasteiger partial charge in [0.25, 0.3) is 5.91 Å². The summed E-state index contributed by atoms with van der Waals surface area (Å²) in [5.74, 6) is -0.0156. The second kappa shape index (κ2) is 6.69. The highest BCUT2D eigenvalue weighted by Crippen LogP contribution is 2.21. The van der Waals surface area contributed by atoms with Gasteiger partial charge in [0.05, 0.1) is 5.69 Å². The molecule has 2 aromatic rings. The summed E-state index contributed by atoms with van der Waals surface area (Å²) >= 11 is 0. The largest absolute Gasteiger partial charge is 0.349 e. The molecule has 0 fully saturated rings. The maximum atomic E-state index is 12.6. The minimum atomic E-state index is -0.0156. The normalized spacial score (nSPS) is 12.0. The molecule has 0 aliphatic carbocycles. The van der Waals surface area contributed by atoms with Gasteiger partial charge in [0, 0.05) is 36.6 Å². The van der Waals surface area contributed by atoms with Gasteiger partial charge in [-0.2, -0.15) is 0 Å². The maximum Gasteiger partial charge on any atom is 0.252 e. The lowest BCUT2D eigenvalue weighted by Gasteiger charge is -2.18. The number of hydrogen-bond donors (Lipinski definition) is 1. The minimum Gasteiger partial charge on any atom is -0.349 e. The summed E-state index contributed by atoms with van der Waals surface area (Å²) < 4.78 is 0. The van der Waals surface area contributed by atoms with E-state index < -0.39 is 0 Å². The van der Waals surface area contributed by atoms with Crippen molar-refractivity contribution in [1.29, 1.82) is 0 Å². The Kier molecular flexibility index (Phi) is 4.91. The van der Waals surface area contributed by atoms with Crippen LogP contribution in [0.15, 0.2) is 24.7 Å². The summed E-state index contributed by atoms with van der Waals surface area (Å²) in [5, 5.41) is 3.07. The van der Waals surface area contributed by atoms with Crippen LogP contribution in [0, 0.1) is 27.7 Å². The Morgan fingerprint density at radius 2 is 1.77 bits per heavy atom. The molecule has 22 heavy (non-hydrogen) atoms. The Morgan fingerprint density at radius 3 is 2.32 bits per heavy atom.